The van der Waals surface area contributed by atoms with Crippen LogP contribution in [-0.4, -0.2) is 15.5 Å². The van der Waals surface area contributed by atoms with Gasteiger partial charge in [0.15, 0.2) is 5.82 Å². The summed E-state index contributed by atoms with van der Waals surface area (Å²) >= 11 is 0. The van der Waals surface area contributed by atoms with E-state index in [9.17, 15) is 9.18 Å². The number of nitrogens with zero attached hydrogens (tertiary/aromatic N) is 2. The molecule has 1 amide bonds. The molecule has 0 spiro atoms. The second-order valence-electron chi connectivity index (χ2n) is 3.75. The van der Waals surface area contributed by atoms with E-state index in [4.69, 9.17) is 5.73 Å². The zero-order valence-corrected chi connectivity index (χ0v) is 9.85. The maximum atomic E-state index is 13.3. The molecule has 5 nitrogen and oxygen atoms in total. The van der Waals surface area contributed by atoms with Gasteiger partial charge in [0.2, 0.25) is 0 Å². The van der Waals surface area contributed by atoms with Crippen LogP contribution in [0.25, 0.3) is 0 Å². The number of nitrogen functional groups attached to an aromatic ring is 1. The number of hydrogen-bond acceptors (Lipinski definition) is 3. The van der Waals surface area contributed by atoms with Crippen LogP contribution in [0.1, 0.15) is 17.4 Å². The van der Waals surface area contributed by atoms with E-state index in [1.165, 1.54) is 12.3 Å². The van der Waals surface area contributed by atoms with Gasteiger partial charge >= 0.3 is 0 Å². The van der Waals surface area contributed by atoms with E-state index in [1.54, 1.807) is 16.8 Å². The Bertz CT molecular complexity index is 579. The van der Waals surface area contributed by atoms with Crippen molar-refractivity contribution < 1.29 is 9.18 Å². The van der Waals surface area contributed by atoms with Gasteiger partial charge in [0.05, 0.1) is 17.6 Å². The van der Waals surface area contributed by atoms with Crippen LogP contribution in [0.3, 0.4) is 0 Å². The summed E-state index contributed by atoms with van der Waals surface area (Å²) < 4.78 is 15.0. The summed E-state index contributed by atoms with van der Waals surface area (Å²) in [7, 11) is 0. The molecule has 0 saturated heterocycles. The number of rotatable bonds is 3. The maximum absolute atomic E-state index is 13.3. The van der Waals surface area contributed by atoms with E-state index in [0.717, 1.165) is 6.20 Å². The Balaban J connectivity index is 2.25. The number of nitrogens with one attached hydrogen (secondary N) is 1. The average Bonchev–Trinajstić information content (AvgIpc) is 2.73. The smallest absolute Gasteiger partial charge is 0.272 e. The molecule has 0 saturated carbocycles. The van der Waals surface area contributed by atoms with Crippen LogP contribution in [-0.2, 0) is 6.54 Å². The second kappa shape index (κ2) is 4.87. The first-order chi connectivity index (χ1) is 8.61. The van der Waals surface area contributed by atoms with Gasteiger partial charge < -0.3 is 15.6 Å². The number of aromatic nitrogens is 2. The fourth-order valence-electron chi connectivity index (χ4n) is 1.65. The van der Waals surface area contributed by atoms with Crippen molar-refractivity contribution >= 4 is 17.3 Å². The molecule has 94 valence electrons. The number of carbonyl (C=O) groups is 1. The van der Waals surface area contributed by atoms with Crippen molar-refractivity contribution in [1.82, 2.24) is 9.55 Å². The zero-order chi connectivity index (χ0) is 13.1. The summed E-state index contributed by atoms with van der Waals surface area (Å²) in [6.45, 7) is 2.50. The molecule has 2 aromatic heterocycles. The van der Waals surface area contributed by atoms with Crippen molar-refractivity contribution in [3.63, 3.8) is 0 Å². The lowest BCUT2D eigenvalue weighted by Gasteiger charge is -2.07. The van der Waals surface area contributed by atoms with Crippen LogP contribution in [0.15, 0.2) is 30.7 Å². The molecule has 0 fully saturated rings. The highest BCUT2D eigenvalue weighted by Crippen LogP contribution is 2.15. The number of pyridine rings is 1. The molecule has 0 aromatic carbocycles. The SMILES string of the molecule is CCn1cc(N)cc1C(=O)Nc1ccncc1F. The molecule has 0 unspecified atom stereocenters. The number of nitrogens with two attached hydrogens (primary N) is 1. The summed E-state index contributed by atoms with van der Waals surface area (Å²) in [5, 5.41) is 2.48. The summed E-state index contributed by atoms with van der Waals surface area (Å²) in [5.41, 5.74) is 6.62. The monoisotopic (exact) mass is 248 g/mol. The van der Waals surface area contributed by atoms with Crippen LogP contribution in [0.2, 0.25) is 0 Å². The predicted octanol–water partition coefficient (Wildman–Crippen LogP) is 1.88. The van der Waals surface area contributed by atoms with Gasteiger partial charge in [-0.15, -0.1) is 0 Å². The third kappa shape index (κ3) is 2.32. The Morgan fingerprint density at radius 1 is 1.61 bits per heavy atom. The summed E-state index contributed by atoms with van der Waals surface area (Å²) in [4.78, 5) is 15.6. The van der Waals surface area contributed by atoms with Gasteiger partial charge in [0, 0.05) is 18.9 Å². The molecule has 3 N–H and O–H groups in total. The minimum Gasteiger partial charge on any atom is -0.397 e. The molecule has 18 heavy (non-hydrogen) atoms. The molecule has 0 aliphatic rings. The second-order valence-corrected chi connectivity index (χ2v) is 3.75. The lowest BCUT2D eigenvalue weighted by atomic mass is 10.3. The maximum Gasteiger partial charge on any atom is 0.272 e. The normalized spacial score (nSPS) is 10.3. The number of hydrogen-bond donors (Lipinski definition) is 2. The Hall–Kier alpha value is -2.37. The fraction of sp³-hybridized carbons (Fsp3) is 0.167. The topological polar surface area (TPSA) is 72.9 Å². The lowest BCUT2D eigenvalue weighted by Crippen LogP contribution is -2.17. The quantitative estimate of drug-likeness (QED) is 0.871. The molecule has 2 aromatic rings. The van der Waals surface area contributed by atoms with Gasteiger partial charge in [0.1, 0.15) is 5.69 Å². The molecule has 2 heterocycles. The molecule has 0 radical (unpaired) electrons. The third-order valence-electron chi connectivity index (χ3n) is 2.51. The van der Waals surface area contributed by atoms with Crippen molar-refractivity contribution in [2.45, 2.75) is 13.5 Å². The van der Waals surface area contributed by atoms with E-state index < -0.39 is 11.7 Å². The molecule has 0 aliphatic carbocycles. The molecule has 6 heteroatoms. The molecular formula is C12H13FN4O. The fourth-order valence-corrected chi connectivity index (χ4v) is 1.65. The van der Waals surface area contributed by atoms with Crippen molar-refractivity contribution in [2.75, 3.05) is 11.1 Å². The van der Waals surface area contributed by atoms with Crippen molar-refractivity contribution in [3.8, 4) is 0 Å². The van der Waals surface area contributed by atoms with Gasteiger partial charge in [-0.3, -0.25) is 9.78 Å². The molecule has 2 rings (SSSR count). The third-order valence-corrected chi connectivity index (χ3v) is 2.51. The van der Waals surface area contributed by atoms with Crippen LogP contribution < -0.4 is 11.1 Å². The van der Waals surface area contributed by atoms with Crippen molar-refractivity contribution in [3.05, 3.63) is 42.2 Å². The predicted molar refractivity (Wildman–Crippen MR) is 66.7 cm³/mol. The number of anilines is 2. The molecule has 0 aliphatic heterocycles. The van der Waals surface area contributed by atoms with Gasteiger partial charge in [-0.25, -0.2) is 4.39 Å². The highest BCUT2D eigenvalue weighted by Gasteiger charge is 2.13. The van der Waals surface area contributed by atoms with Gasteiger partial charge in [-0.2, -0.15) is 0 Å². The summed E-state index contributed by atoms with van der Waals surface area (Å²) in [5.74, 6) is -0.980. The minimum absolute atomic E-state index is 0.0948. The zero-order valence-electron chi connectivity index (χ0n) is 9.85. The number of halogens is 1. The highest BCUT2D eigenvalue weighted by molar-refractivity contribution is 6.03. The Kier molecular flexibility index (Phi) is 3.27. The largest absolute Gasteiger partial charge is 0.397 e. The van der Waals surface area contributed by atoms with E-state index in [2.05, 4.69) is 10.3 Å². The Morgan fingerprint density at radius 3 is 3.06 bits per heavy atom. The summed E-state index contributed by atoms with van der Waals surface area (Å²) in [6.07, 6.45) is 4.12. The first kappa shape index (κ1) is 12.1. The van der Waals surface area contributed by atoms with Crippen LogP contribution in [0.4, 0.5) is 15.8 Å². The van der Waals surface area contributed by atoms with Gasteiger partial charge in [0.25, 0.3) is 5.91 Å². The molecule has 0 atom stereocenters. The number of amides is 1. The van der Waals surface area contributed by atoms with Crippen molar-refractivity contribution in [2.24, 2.45) is 0 Å². The van der Waals surface area contributed by atoms with E-state index >= 15 is 0 Å². The minimum atomic E-state index is -0.576. The van der Waals surface area contributed by atoms with E-state index in [1.807, 2.05) is 6.92 Å². The van der Waals surface area contributed by atoms with Crippen molar-refractivity contribution in [1.29, 1.82) is 0 Å². The van der Waals surface area contributed by atoms with Gasteiger partial charge in [-0.05, 0) is 19.1 Å². The average molecular weight is 248 g/mol. The number of aryl methyl sites for hydroxylation is 1. The van der Waals surface area contributed by atoms with Crippen LogP contribution >= 0.6 is 0 Å². The van der Waals surface area contributed by atoms with Gasteiger partial charge in [-0.1, -0.05) is 0 Å². The van der Waals surface area contributed by atoms with Crippen LogP contribution in [0, 0.1) is 5.82 Å². The first-order valence-electron chi connectivity index (χ1n) is 5.48. The standard InChI is InChI=1S/C12H13FN4O/c1-2-17-7-8(14)5-11(17)12(18)16-10-3-4-15-6-9(10)13/h3-7H,2,14H2,1H3,(H,15,16,18). The van der Waals surface area contributed by atoms with E-state index in [0.29, 0.717) is 17.9 Å². The first-order valence-corrected chi connectivity index (χ1v) is 5.48. The van der Waals surface area contributed by atoms with E-state index in [-0.39, 0.29) is 5.69 Å². The Morgan fingerprint density at radius 2 is 2.39 bits per heavy atom. The summed E-state index contributed by atoms with van der Waals surface area (Å²) in [6, 6.07) is 2.95. The molecular weight excluding hydrogens is 235 g/mol. The Labute approximate surface area is 103 Å². The molecule has 0 bridgehead atoms. The highest BCUT2D eigenvalue weighted by atomic mass is 19.1. The number of carbonyl (C=O) groups excluding carboxylic acids is 1. The lowest BCUT2D eigenvalue weighted by molar-refractivity contribution is 0.101. The van der Waals surface area contributed by atoms with Crippen LogP contribution in [0.5, 0.6) is 0 Å².